The van der Waals surface area contributed by atoms with Gasteiger partial charge in [-0.05, 0) is 32.0 Å². The summed E-state index contributed by atoms with van der Waals surface area (Å²) in [6, 6.07) is 4.50. The molecule has 0 saturated heterocycles. The third-order valence-electron chi connectivity index (χ3n) is 2.36. The van der Waals surface area contributed by atoms with Crippen molar-refractivity contribution < 1.29 is 9.13 Å². The fraction of sp³-hybridized carbons (Fsp3) is 0.231. The van der Waals surface area contributed by atoms with E-state index >= 15 is 0 Å². The monoisotopic (exact) mass is 325 g/mol. The van der Waals surface area contributed by atoms with E-state index in [-0.39, 0.29) is 5.75 Å². The number of nitrogens with zero attached hydrogens (tertiary/aromatic N) is 2. The first-order valence-electron chi connectivity index (χ1n) is 5.80. The molecule has 0 unspecified atom stereocenters. The van der Waals surface area contributed by atoms with E-state index in [2.05, 4.69) is 31.2 Å². The van der Waals surface area contributed by atoms with E-state index in [0.717, 1.165) is 10.0 Å². The van der Waals surface area contributed by atoms with Gasteiger partial charge < -0.3 is 10.1 Å². The zero-order valence-electron chi connectivity index (χ0n) is 10.6. The molecule has 0 aliphatic heterocycles. The molecular formula is C13H13BrFN3O. The molecule has 0 saturated carbocycles. The van der Waals surface area contributed by atoms with Crippen molar-refractivity contribution >= 4 is 21.9 Å². The van der Waals surface area contributed by atoms with Gasteiger partial charge in [0.2, 0.25) is 11.8 Å². The number of aromatic nitrogens is 2. The summed E-state index contributed by atoms with van der Waals surface area (Å²) in [4.78, 5) is 8.31. The van der Waals surface area contributed by atoms with Crippen molar-refractivity contribution in [1.82, 2.24) is 9.97 Å². The van der Waals surface area contributed by atoms with E-state index in [1.165, 1.54) is 6.07 Å². The normalized spacial score (nSPS) is 10.3. The lowest BCUT2D eigenvalue weighted by molar-refractivity contribution is 0.423. The molecule has 6 heteroatoms. The molecule has 0 fully saturated rings. The second-order valence-electron chi connectivity index (χ2n) is 3.89. The summed E-state index contributed by atoms with van der Waals surface area (Å²) in [7, 11) is 0. The lowest BCUT2D eigenvalue weighted by atomic mass is 10.3. The van der Waals surface area contributed by atoms with Crippen LogP contribution in [0.2, 0.25) is 0 Å². The molecule has 2 aromatic rings. The minimum Gasteiger partial charge on any atom is -0.435 e. The molecule has 0 spiro atoms. The van der Waals surface area contributed by atoms with E-state index < -0.39 is 5.82 Å². The summed E-state index contributed by atoms with van der Waals surface area (Å²) in [5.41, 5.74) is 0.737. The Morgan fingerprint density at radius 2 is 2.21 bits per heavy atom. The number of ether oxygens (including phenoxy) is 1. The van der Waals surface area contributed by atoms with E-state index in [0.29, 0.717) is 18.4 Å². The maximum Gasteiger partial charge on any atom is 0.227 e. The lowest BCUT2D eigenvalue weighted by Gasteiger charge is -2.10. The zero-order valence-corrected chi connectivity index (χ0v) is 12.2. The van der Waals surface area contributed by atoms with Crippen molar-refractivity contribution in [3.05, 3.63) is 40.2 Å². The number of nitrogens with one attached hydrogen (secondary N) is 1. The van der Waals surface area contributed by atoms with E-state index in [1.807, 2.05) is 6.92 Å². The van der Waals surface area contributed by atoms with E-state index in [4.69, 9.17) is 4.74 Å². The van der Waals surface area contributed by atoms with Gasteiger partial charge in [-0.15, -0.1) is 0 Å². The minimum atomic E-state index is -0.439. The standard InChI is InChI=1S/C13H13BrFN3O/c1-3-16-13-17-7-8(2)12(18-13)19-11-6-9(14)4-5-10(11)15/h4-7H,3H2,1-2H3,(H,16,17,18). The molecule has 1 heterocycles. The maximum atomic E-state index is 13.6. The Bertz CT molecular complexity index is 592. The summed E-state index contributed by atoms with van der Waals surface area (Å²) in [5, 5.41) is 2.98. The first-order valence-corrected chi connectivity index (χ1v) is 6.60. The molecule has 19 heavy (non-hydrogen) atoms. The highest BCUT2D eigenvalue weighted by molar-refractivity contribution is 9.10. The number of rotatable bonds is 4. The Kier molecular flexibility index (Phi) is 4.31. The Morgan fingerprint density at radius 3 is 2.95 bits per heavy atom. The highest BCUT2D eigenvalue weighted by Crippen LogP contribution is 2.28. The fourth-order valence-electron chi connectivity index (χ4n) is 1.43. The summed E-state index contributed by atoms with van der Waals surface area (Å²) < 4.78 is 19.9. The summed E-state index contributed by atoms with van der Waals surface area (Å²) in [6.07, 6.45) is 1.64. The third-order valence-corrected chi connectivity index (χ3v) is 2.85. The molecule has 2 rings (SSSR count). The average Bonchev–Trinajstić information content (AvgIpc) is 2.38. The first kappa shape index (κ1) is 13.7. The summed E-state index contributed by atoms with van der Waals surface area (Å²) in [6.45, 7) is 4.45. The maximum absolute atomic E-state index is 13.6. The van der Waals surface area contributed by atoms with Gasteiger partial charge in [-0.25, -0.2) is 9.37 Å². The van der Waals surface area contributed by atoms with Crippen LogP contribution in [0.25, 0.3) is 0 Å². The number of halogens is 2. The lowest BCUT2D eigenvalue weighted by Crippen LogP contribution is -2.04. The van der Waals surface area contributed by atoms with Crippen molar-refractivity contribution in [3.8, 4) is 11.6 Å². The van der Waals surface area contributed by atoms with Crippen LogP contribution >= 0.6 is 15.9 Å². The molecule has 4 nitrogen and oxygen atoms in total. The van der Waals surface area contributed by atoms with Gasteiger partial charge in [-0.3, -0.25) is 0 Å². The van der Waals surface area contributed by atoms with Crippen LogP contribution in [0.5, 0.6) is 11.6 Å². The molecule has 0 radical (unpaired) electrons. The van der Waals surface area contributed by atoms with Crippen LogP contribution in [0.3, 0.4) is 0 Å². The Morgan fingerprint density at radius 1 is 1.42 bits per heavy atom. The number of aryl methyl sites for hydroxylation is 1. The van der Waals surface area contributed by atoms with Crippen molar-refractivity contribution in [3.63, 3.8) is 0 Å². The third kappa shape index (κ3) is 3.41. The zero-order chi connectivity index (χ0) is 13.8. The SMILES string of the molecule is CCNc1ncc(C)c(Oc2cc(Br)ccc2F)n1. The molecule has 1 aromatic heterocycles. The van der Waals surface area contributed by atoms with Crippen molar-refractivity contribution in [2.24, 2.45) is 0 Å². The second-order valence-corrected chi connectivity index (χ2v) is 4.80. The van der Waals surface area contributed by atoms with Gasteiger partial charge in [-0.2, -0.15) is 4.98 Å². The van der Waals surface area contributed by atoms with Crippen LogP contribution in [-0.2, 0) is 0 Å². The molecule has 0 aliphatic carbocycles. The van der Waals surface area contributed by atoms with Gasteiger partial charge >= 0.3 is 0 Å². The molecule has 1 aromatic carbocycles. The molecule has 0 atom stereocenters. The van der Waals surface area contributed by atoms with Gasteiger partial charge in [0.25, 0.3) is 0 Å². The van der Waals surface area contributed by atoms with Gasteiger partial charge in [0.1, 0.15) is 0 Å². The minimum absolute atomic E-state index is 0.124. The molecule has 0 aliphatic rings. The molecule has 0 bridgehead atoms. The van der Waals surface area contributed by atoms with E-state index in [9.17, 15) is 4.39 Å². The predicted octanol–water partition coefficient (Wildman–Crippen LogP) is 3.91. The molecular weight excluding hydrogens is 313 g/mol. The first-order chi connectivity index (χ1) is 9.10. The predicted molar refractivity (Wildman–Crippen MR) is 75.1 cm³/mol. The van der Waals surface area contributed by atoms with Crippen LogP contribution in [0.15, 0.2) is 28.9 Å². The largest absolute Gasteiger partial charge is 0.435 e. The van der Waals surface area contributed by atoms with Crippen LogP contribution in [0, 0.1) is 12.7 Å². The van der Waals surface area contributed by atoms with Crippen LogP contribution < -0.4 is 10.1 Å². The van der Waals surface area contributed by atoms with E-state index in [1.54, 1.807) is 25.3 Å². The van der Waals surface area contributed by atoms with Crippen LogP contribution in [0.4, 0.5) is 10.3 Å². The summed E-state index contributed by atoms with van der Waals surface area (Å²) >= 11 is 3.28. The van der Waals surface area contributed by atoms with Crippen molar-refractivity contribution in [2.45, 2.75) is 13.8 Å². The Balaban J connectivity index is 2.31. The second kappa shape index (κ2) is 5.97. The molecule has 1 N–H and O–H groups in total. The molecule has 100 valence electrons. The average molecular weight is 326 g/mol. The number of hydrogen-bond acceptors (Lipinski definition) is 4. The quantitative estimate of drug-likeness (QED) is 0.925. The Labute approximate surface area is 119 Å². The van der Waals surface area contributed by atoms with Crippen molar-refractivity contribution in [1.29, 1.82) is 0 Å². The highest BCUT2D eigenvalue weighted by atomic mass is 79.9. The van der Waals surface area contributed by atoms with Gasteiger partial charge in [0, 0.05) is 22.8 Å². The number of anilines is 1. The van der Waals surface area contributed by atoms with Gasteiger partial charge in [-0.1, -0.05) is 15.9 Å². The molecule has 0 amide bonds. The van der Waals surface area contributed by atoms with Gasteiger partial charge in [0.15, 0.2) is 11.6 Å². The highest BCUT2D eigenvalue weighted by Gasteiger charge is 2.10. The van der Waals surface area contributed by atoms with Gasteiger partial charge in [0.05, 0.1) is 0 Å². The van der Waals surface area contributed by atoms with Crippen LogP contribution in [0.1, 0.15) is 12.5 Å². The topological polar surface area (TPSA) is 47.0 Å². The number of benzene rings is 1. The van der Waals surface area contributed by atoms with Crippen molar-refractivity contribution in [2.75, 3.05) is 11.9 Å². The number of hydrogen-bond donors (Lipinski definition) is 1. The fourth-order valence-corrected chi connectivity index (χ4v) is 1.77. The van der Waals surface area contributed by atoms with Crippen LogP contribution in [-0.4, -0.2) is 16.5 Å². The Hall–Kier alpha value is -1.69. The summed E-state index contributed by atoms with van der Waals surface area (Å²) in [5.74, 6) is 0.478. The smallest absolute Gasteiger partial charge is 0.227 e.